The van der Waals surface area contributed by atoms with Gasteiger partial charge in [-0.25, -0.2) is 4.98 Å². The Bertz CT molecular complexity index is 900. The number of nitrogens with one attached hydrogen (secondary N) is 2. The molecule has 0 radical (unpaired) electrons. The van der Waals surface area contributed by atoms with Crippen LogP contribution in [0.5, 0.6) is 17.2 Å². The number of anilines is 1. The largest absolute Gasteiger partial charge is 0.507 e. The maximum atomic E-state index is 12.5. The summed E-state index contributed by atoms with van der Waals surface area (Å²) in [5, 5.41) is 17.4. The Morgan fingerprint density at radius 1 is 1.16 bits per heavy atom. The molecule has 2 aromatic rings. The summed E-state index contributed by atoms with van der Waals surface area (Å²) < 4.78 is 10.3. The van der Waals surface area contributed by atoms with Crippen LogP contribution in [0.25, 0.3) is 0 Å². The Morgan fingerprint density at radius 3 is 2.45 bits per heavy atom. The molecule has 31 heavy (non-hydrogen) atoms. The van der Waals surface area contributed by atoms with E-state index in [4.69, 9.17) is 9.47 Å². The molecule has 1 aromatic heterocycles. The van der Waals surface area contributed by atoms with Crippen LogP contribution >= 0.6 is 11.3 Å². The van der Waals surface area contributed by atoms with Gasteiger partial charge in [-0.15, -0.1) is 11.3 Å². The third-order valence-corrected chi connectivity index (χ3v) is 5.39. The fourth-order valence-electron chi connectivity index (χ4n) is 2.97. The van der Waals surface area contributed by atoms with Crippen molar-refractivity contribution in [3.05, 3.63) is 28.8 Å². The molecule has 0 atom stereocenters. The standard InChI is InChI=1S/C21H30N4O5S/c1-6-8-25(13(2)3)9-7-22-20(28)15-12-31-21(23-15)24-19(27)14-10-17(29-4)18(30-5)11-16(14)26/h10-13,26H,6-9H2,1-5H3,(H,22,28)(H,23,24,27). The lowest BCUT2D eigenvalue weighted by Crippen LogP contribution is -2.39. The number of aromatic hydroxyl groups is 1. The van der Waals surface area contributed by atoms with Gasteiger partial charge < -0.3 is 19.9 Å². The summed E-state index contributed by atoms with van der Waals surface area (Å²) in [5.41, 5.74) is 0.229. The van der Waals surface area contributed by atoms with Crippen LogP contribution in [0, 0.1) is 0 Å². The normalized spacial score (nSPS) is 10.9. The highest BCUT2D eigenvalue weighted by Gasteiger charge is 2.19. The molecular formula is C21H30N4O5S. The van der Waals surface area contributed by atoms with Gasteiger partial charge in [0.2, 0.25) is 0 Å². The number of methoxy groups -OCH3 is 2. The van der Waals surface area contributed by atoms with Crippen molar-refractivity contribution in [3.63, 3.8) is 0 Å². The van der Waals surface area contributed by atoms with Gasteiger partial charge >= 0.3 is 0 Å². The van der Waals surface area contributed by atoms with Gasteiger partial charge in [0.05, 0.1) is 19.8 Å². The second-order valence-electron chi connectivity index (χ2n) is 7.10. The molecule has 0 aliphatic rings. The van der Waals surface area contributed by atoms with Gasteiger partial charge in [0, 0.05) is 36.6 Å². The van der Waals surface area contributed by atoms with Crippen molar-refractivity contribution in [2.75, 3.05) is 39.2 Å². The Hall–Kier alpha value is -2.85. The van der Waals surface area contributed by atoms with Gasteiger partial charge in [-0.1, -0.05) is 6.92 Å². The molecule has 9 nitrogen and oxygen atoms in total. The van der Waals surface area contributed by atoms with Gasteiger partial charge in [-0.3, -0.25) is 19.8 Å². The smallest absolute Gasteiger partial charge is 0.270 e. The Labute approximate surface area is 186 Å². The van der Waals surface area contributed by atoms with Crippen molar-refractivity contribution in [2.24, 2.45) is 0 Å². The number of carbonyl (C=O) groups is 2. The van der Waals surface area contributed by atoms with Crippen LogP contribution in [0.15, 0.2) is 17.5 Å². The summed E-state index contributed by atoms with van der Waals surface area (Å²) in [6.45, 7) is 8.62. The third kappa shape index (κ3) is 6.56. The van der Waals surface area contributed by atoms with E-state index >= 15 is 0 Å². The lowest BCUT2D eigenvalue weighted by molar-refractivity contribution is 0.0939. The molecular weight excluding hydrogens is 420 g/mol. The Kier molecular flexibility index (Phi) is 9.07. The zero-order chi connectivity index (χ0) is 23.0. The highest BCUT2D eigenvalue weighted by molar-refractivity contribution is 7.14. The zero-order valence-corrected chi connectivity index (χ0v) is 19.3. The molecule has 3 N–H and O–H groups in total. The van der Waals surface area contributed by atoms with Crippen LogP contribution < -0.4 is 20.1 Å². The van der Waals surface area contributed by atoms with Crippen LogP contribution in [0.4, 0.5) is 5.13 Å². The minimum atomic E-state index is -0.577. The summed E-state index contributed by atoms with van der Waals surface area (Å²) in [6, 6.07) is 3.08. The molecule has 0 aliphatic carbocycles. The second kappa shape index (κ2) is 11.5. The molecule has 2 rings (SSSR count). The van der Waals surface area contributed by atoms with Crippen molar-refractivity contribution in [3.8, 4) is 17.2 Å². The van der Waals surface area contributed by atoms with Crippen LogP contribution in [-0.4, -0.2) is 66.7 Å². The minimum absolute atomic E-state index is 0.00329. The summed E-state index contributed by atoms with van der Waals surface area (Å²) in [6.07, 6.45) is 1.05. The van der Waals surface area contributed by atoms with Gasteiger partial charge in [-0.2, -0.15) is 0 Å². The number of rotatable bonds is 11. The molecule has 0 unspecified atom stereocenters. The van der Waals surface area contributed by atoms with Crippen molar-refractivity contribution in [2.45, 2.75) is 33.2 Å². The lowest BCUT2D eigenvalue weighted by Gasteiger charge is -2.25. The molecule has 0 spiro atoms. The number of ether oxygens (including phenoxy) is 2. The van der Waals surface area contributed by atoms with Gasteiger partial charge in [-0.05, 0) is 26.8 Å². The summed E-state index contributed by atoms with van der Waals surface area (Å²) in [7, 11) is 2.87. The number of phenolic OH excluding ortho intramolecular Hbond substituents is 1. The summed E-state index contributed by atoms with van der Waals surface area (Å²) >= 11 is 1.13. The highest BCUT2D eigenvalue weighted by atomic mass is 32.1. The zero-order valence-electron chi connectivity index (χ0n) is 18.5. The van der Waals surface area contributed by atoms with E-state index in [1.54, 1.807) is 5.38 Å². The van der Waals surface area contributed by atoms with Crippen LogP contribution in [0.2, 0.25) is 0 Å². The van der Waals surface area contributed by atoms with Crippen molar-refractivity contribution in [1.29, 1.82) is 0 Å². The molecule has 0 bridgehead atoms. The molecule has 2 amide bonds. The summed E-state index contributed by atoms with van der Waals surface area (Å²) in [5.74, 6) is -0.521. The Balaban J connectivity index is 1.98. The molecule has 0 saturated carbocycles. The lowest BCUT2D eigenvalue weighted by atomic mass is 10.1. The second-order valence-corrected chi connectivity index (χ2v) is 7.96. The Morgan fingerprint density at radius 2 is 1.84 bits per heavy atom. The molecule has 0 saturated heterocycles. The number of phenols is 1. The van der Waals surface area contributed by atoms with E-state index in [0.29, 0.717) is 24.1 Å². The van der Waals surface area contributed by atoms with Gasteiger partial charge in [0.25, 0.3) is 11.8 Å². The maximum absolute atomic E-state index is 12.5. The number of carbonyl (C=O) groups excluding carboxylic acids is 2. The first-order valence-corrected chi connectivity index (χ1v) is 10.9. The first kappa shape index (κ1) is 24.4. The van der Waals surface area contributed by atoms with Gasteiger partial charge in [0.1, 0.15) is 11.4 Å². The number of hydrogen-bond acceptors (Lipinski definition) is 8. The van der Waals surface area contributed by atoms with Crippen molar-refractivity contribution >= 4 is 28.3 Å². The van der Waals surface area contributed by atoms with Crippen molar-refractivity contribution < 1.29 is 24.2 Å². The first-order chi connectivity index (χ1) is 14.8. The molecule has 170 valence electrons. The molecule has 1 aromatic carbocycles. The fraction of sp³-hybridized carbons (Fsp3) is 0.476. The quantitative estimate of drug-likeness (QED) is 0.482. The molecule has 1 heterocycles. The highest BCUT2D eigenvalue weighted by Crippen LogP contribution is 2.34. The van der Waals surface area contributed by atoms with E-state index in [1.165, 1.54) is 26.4 Å². The number of benzene rings is 1. The van der Waals surface area contributed by atoms with Crippen LogP contribution in [0.3, 0.4) is 0 Å². The van der Waals surface area contributed by atoms with E-state index < -0.39 is 5.91 Å². The predicted octanol–water partition coefficient (Wildman–Crippen LogP) is 2.97. The minimum Gasteiger partial charge on any atom is -0.507 e. The first-order valence-electron chi connectivity index (χ1n) is 10.0. The summed E-state index contributed by atoms with van der Waals surface area (Å²) in [4.78, 5) is 31.4. The number of aromatic nitrogens is 1. The van der Waals surface area contributed by atoms with Crippen molar-refractivity contribution in [1.82, 2.24) is 15.2 Å². The monoisotopic (exact) mass is 450 g/mol. The average molecular weight is 451 g/mol. The van der Waals surface area contributed by atoms with E-state index in [0.717, 1.165) is 30.8 Å². The number of nitrogens with zero attached hydrogens (tertiary/aromatic N) is 2. The fourth-order valence-corrected chi connectivity index (χ4v) is 3.65. The molecule has 10 heteroatoms. The SMILES string of the molecule is CCCN(CCNC(=O)c1csc(NC(=O)c2cc(OC)c(OC)cc2O)n1)C(C)C. The van der Waals surface area contributed by atoms with E-state index in [1.807, 2.05) is 0 Å². The van der Waals surface area contributed by atoms with E-state index in [-0.39, 0.29) is 28.0 Å². The number of hydrogen-bond donors (Lipinski definition) is 3. The number of amides is 2. The number of thiazole rings is 1. The van der Waals surface area contributed by atoms with Crippen LogP contribution in [0.1, 0.15) is 48.0 Å². The average Bonchev–Trinajstić information content (AvgIpc) is 3.21. The topological polar surface area (TPSA) is 113 Å². The van der Waals surface area contributed by atoms with E-state index in [9.17, 15) is 14.7 Å². The maximum Gasteiger partial charge on any atom is 0.270 e. The van der Waals surface area contributed by atoms with Gasteiger partial charge in [0.15, 0.2) is 16.6 Å². The van der Waals surface area contributed by atoms with E-state index in [2.05, 4.69) is 41.3 Å². The van der Waals surface area contributed by atoms with Crippen LogP contribution in [-0.2, 0) is 0 Å². The molecule has 0 fully saturated rings. The predicted molar refractivity (Wildman–Crippen MR) is 121 cm³/mol. The molecule has 0 aliphatic heterocycles. The third-order valence-electron chi connectivity index (χ3n) is 4.63.